The lowest BCUT2D eigenvalue weighted by molar-refractivity contribution is -0.145. The Hall–Kier alpha value is -1.09. The van der Waals surface area contributed by atoms with E-state index in [9.17, 15) is 4.39 Å². The van der Waals surface area contributed by atoms with Gasteiger partial charge in [0, 0.05) is 7.11 Å². The minimum Gasteiger partial charge on any atom is -0.438 e. The summed E-state index contributed by atoms with van der Waals surface area (Å²) < 4.78 is 21.3. The van der Waals surface area contributed by atoms with Crippen LogP contribution < -0.4 is 4.74 Å². The van der Waals surface area contributed by atoms with Crippen molar-refractivity contribution in [2.45, 2.75) is 6.54 Å². The van der Waals surface area contributed by atoms with Gasteiger partial charge in [-0.3, -0.25) is 0 Å². The molecule has 0 amide bonds. The largest absolute Gasteiger partial charge is 0.438 e. The number of benzene rings is 1. The number of rotatable bonds is 3. The van der Waals surface area contributed by atoms with E-state index in [2.05, 4.69) is 9.47 Å². The Labute approximate surface area is 64.6 Å². The van der Waals surface area contributed by atoms with E-state index in [1.54, 1.807) is 24.3 Å². The average Bonchev–Trinajstić information content (AvgIpc) is 2.06. The number of methoxy groups -OCH3 is 1. The smallest absolute Gasteiger partial charge is 0.352 e. The summed E-state index contributed by atoms with van der Waals surface area (Å²) in [5, 5.41) is 0. The van der Waals surface area contributed by atoms with E-state index >= 15 is 0 Å². The van der Waals surface area contributed by atoms with Crippen LogP contribution in [-0.4, -0.2) is 13.7 Å². The molecule has 1 aromatic rings. The number of hydrogen-bond donors (Lipinski definition) is 0. The summed E-state index contributed by atoms with van der Waals surface area (Å²) in [5.41, 5.74) is 0. The van der Waals surface area contributed by atoms with E-state index in [0.29, 0.717) is 5.75 Å². The second-order valence-corrected chi connectivity index (χ2v) is 1.94. The highest BCUT2D eigenvalue weighted by molar-refractivity contribution is 5.20. The van der Waals surface area contributed by atoms with Gasteiger partial charge in [0.15, 0.2) is 0 Å². The third-order valence-electron chi connectivity index (χ3n) is 1.16. The molecule has 0 radical (unpaired) electrons. The monoisotopic (exact) mass is 156 g/mol. The maximum absolute atomic E-state index is 12.4. The summed E-state index contributed by atoms with van der Waals surface area (Å²) in [4.78, 5) is 0. The molecule has 1 aromatic carbocycles. The molecule has 0 bridgehead atoms. The highest BCUT2D eigenvalue weighted by Crippen LogP contribution is 2.11. The Morgan fingerprint density at radius 3 is 2.45 bits per heavy atom. The fourth-order valence-electron chi connectivity index (χ4n) is 0.654. The number of alkyl halides is 1. The van der Waals surface area contributed by atoms with Gasteiger partial charge in [-0.25, -0.2) is 0 Å². The first-order valence-corrected chi connectivity index (χ1v) is 3.21. The topological polar surface area (TPSA) is 18.5 Å². The molecule has 0 heterocycles. The molecule has 11 heavy (non-hydrogen) atoms. The summed E-state index contributed by atoms with van der Waals surface area (Å²) in [7, 11) is 1.24. The maximum atomic E-state index is 12.4. The van der Waals surface area contributed by atoms with Gasteiger partial charge in [-0.2, -0.15) is 4.39 Å². The highest BCUT2D eigenvalue weighted by atomic mass is 19.2. The van der Waals surface area contributed by atoms with E-state index in [4.69, 9.17) is 0 Å². The molecule has 0 saturated heterocycles. The molecule has 0 spiro atoms. The fraction of sp³-hybridized carbons (Fsp3) is 0.250. The lowest BCUT2D eigenvalue weighted by Gasteiger charge is -2.07. The van der Waals surface area contributed by atoms with Crippen LogP contribution in [0, 0.1) is 0 Å². The van der Waals surface area contributed by atoms with Crippen LogP contribution in [0.1, 0.15) is 0 Å². The first kappa shape index (κ1) is 8.01. The Balaban J connectivity index is 2.51. The van der Waals surface area contributed by atoms with Crippen LogP contribution in [0.3, 0.4) is 0 Å². The van der Waals surface area contributed by atoms with Crippen molar-refractivity contribution >= 4 is 0 Å². The molecule has 1 rings (SSSR count). The van der Waals surface area contributed by atoms with Gasteiger partial charge in [0.2, 0.25) is 0 Å². The number of halogens is 1. The van der Waals surface area contributed by atoms with Gasteiger partial charge in [-0.1, -0.05) is 18.2 Å². The van der Waals surface area contributed by atoms with Gasteiger partial charge in [0.25, 0.3) is 0 Å². The zero-order chi connectivity index (χ0) is 8.10. The van der Waals surface area contributed by atoms with E-state index in [1.165, 1.54) is 7.11 Å². The lowest BCUT2D eigenvalue weighted by atomic mass is 10.3. The molecule has 0 N–H and O–H groups in total. The van der Waals surface area contributed by atoms with Crippen LogP contribution in [0.2, 0.25) is 0 Å². The van der Waals surface area contributed by atoms with Crippen molar-refractivity contribution in [2.75, 3.05) is 7.11 Å². The van der Waals surface area contributed by atoms with Crippen molar-refractivity contribution in [2.24, 2.45) is 0 Å². The second kappa shape index (κ2) is 3.93. The lowest BCUT2D eigenvalue weighted by Crippen LogP contribution is -2.11. The van der Waals surface area contributed by atoms with E-state index in [0.717, 1.165) is 0 Å². The SMILES string of the molecule is COC(F)Oc1ccccc1. The zero-order valence-electron chi connectivity index (χ0n) is 6.16. The summed E-state index contributed by atoms with van der Waals surface area (Å²) >= 11 is 0. The molecule has 0 aliphatic carbocycles. The number of hydrogen-bond acceptors (Lipinski definition) is 2. The molecule has 1 atom stereocenters. The molecular weight excluding hydrogens is 147 g/mol. The number of ether oxygens (including phenoxy) is 2. The van der Waals surface area contributed by atoms with Crippen LogP contribution in [0.5, 0.6) is 5.75 Å². The standard InChI is InChI=1S/C8H9FO2/c1-10-8(9)11-7-5-3-2-4-6-7/h2-6,8H,1H3. The Kier molecular flexibility index (Phi) is 2.86. The molecule has 3 heteroatoms. The van der Waals surface area contributed by atoms with Gasteiger partial charge in [-0.05, 0) is 12.1 Å². The molecule has 60 valence electrons. The van der Waals surface area contributed by atoms with Crippen LogP contribution in [0.25, 0.3) is 0 Å². The molecule has 1 unspecified atom stereocenters. The Morgan fingerprint density at radius 1 is 1.27 bits per heavy atom. The quantitative estimate of drug-likeness (QED) is 0.623. The zero-order valence-corrected chi connectivity index (χ0v) is 6.16. The predicted molar refractivity (Wildman–Crippen MR) is 39.0 cm³/mol. The van der Waals surface area contributed by atoms with Gasteiger partial charge < -0.3 is 9.47 Å². The molecule has 0 aromatic heterocycles. The molecule has 0 aliphatic heterocycles. The second-order valence-electron chi connectivity index (χ2n) is 1.94. The van der Waals surface area contributed by atoms with E-state index in [1.807, 2.05) is 6.07 Å². The first-order chi connectivity index (χ1) is 5.33. The van der Waals surface area contributed by atoms with Crippen molar-refractivity contribution in [3.8, 4) is 5.75 Å². The minimum atomic E-state index is -1.68. The van der Waals surface area contributed by atoms with Crippen LogP contribution in [0.15, 0.2) is 30.3 Å². The van der Waals surface area contributed by atoms with E-state index in [-0.39, 0.29) is 0 Å². The summed E-state index contributed by atoms with van der Waals surface area (Å²) in [5.74, 6) is 0.460. The Bertz CT molecular complexity index is 201. The molecule has 2 nitrogen and oxygen atoms in total. The van der Waals surface area contributed by atoms with Gasteiger partial charge in [0.1, 0.15) is 5.75 Å². The van der Waals surface area contributed by atoms with E-state index < -0.39 is 6.54 Å². The van der Waals surface area contributed by atoms with Crippen LogP contribution >= 0.6 is 0 Å². The number of para-hydroxylation sites is 1. The van der Waals surface area contributed by atoms with Crippen LogP contribution in [0.4, 0.5) is 4.39 Å². The first-order valence-electron chi connectivity index (χ1n) is 3.21. The Morgan fingerprint density at radius 2 is 1.91 bits per heavy atom. The third-order valence-corrected chi connectivity index (χ3v) is 1.16. The molecule has 0 saturated carbocycles. The van der Waals surface area contributed by atoms with Crippen molar-refractivity contribution in [1.82, 2.24) is 0 Å². The van der Waals surface area contributed by atoms with Gasteiger partial charge >= 0.3 is 6.54 Å². The fourth-order valence-corrected chi connectivity index (χ4v) is 0.654. The van der Waals surface area contributed by atoms with Gasteiger partial charge in [-0.15, -0.1) is 0 Å². The summed E-state index contributed by atoms with van der Waals surface area (Å²) in [6.07, 6.45) is 0. The maximum Gasteiger partial charge on any atom is 0.352 e. The van der Waals surface area contributed by atoms with Gasteiger partial charge in [0.05, 0.1) is 0 Å². The van der Waals surface area contributed by atoms with Crippen molar-refractivity contribution < 1.29 is 13.9 Å². The molecule has 0 fully saturated rings. The predicted octanol–water partition coefficient (Wildman–Crippen LogP) is 1.96. The van der Waals surface area contributed by atoms with Crippen LogP contribution in [-0.2, 0) is 4.74 Å². The molecule has 0 aliphatic rings. The summed E-state index contributed by atoms with van der Waals surface area (Å²) in [6, 6.07) is 8.67. The molecular formula is C8H9FO2. The van der Waals surface area contributed by atoms with Crippen molar-refractivity contribution in [3.63, 3.8) is 0 Å². The summed E-state index contributed by atoms with van der Waals surface area (Å²) in [6.45, 7) is -1.68. The highest BCUT2D eigenvalue weighted by Gasteiger charge is 2.02. The minimum absolute atomic E-state index is 0.460. The average molecular weight is 156 g/mol. The van der Waals surface area contributed by atoms with Crippen molar-refractivity contribution in [1.29, 1.82) is 0 Å². The normalized spacial score (nSPS) is 12.5. The van der Waals surface area contributed by atoms with Crippen molar-refractivity contribution in [3.05, 3.63) is 30.3 Å². The third kappa shape index (κ3) is 2.55.